The lowest BCUT2D eigenvalue weighted by Crippen LogP contribution is -2.67. The van der Waals surface area contributed by atoms with Crippen molar-refractivity contribution in [2.45, 2.75) is 51.7 Å². The lowest BCUT2D eigenvalue weighted by atomic mass is 10.2. The SMILES string of the molecule is C=CC(CCC)O[Si](c1ccccc1)(c1ccccc1)C(C)(C)C. The quantitative estimate of drug-likeness (QED) is 0.514. The van der Waals surface area contributed by atoms with E-state index in [9.17, 15) is 0 Å². The van der Waals surface area contributed by atoms with Crippen LogP contribution in [0.4, 0.5) is 0 Å². The van der Waals surface area contributed by atoms with Gasteiger partial charge in [0.25, 0.3) is 8.32 Å². The molecule has 0 amide bonds. The summed E-state index contributed by atoms with van der Waals surface area (Å²) >= 11 is 0. The van der Waals surface area contributed by atoms with Gasteiger partial charge in [0.2, 0.25) is 0 Å². The van der Waals surface area contributed by atoms with E-state index >= 15 is 0 Å². The van der Waals surface area contributed by atoms with Crippen molar-refractivity contribution in [2.75, 3.05) is 0 Å². The van der Waals surface area contributed by atoms with E-state index in [-0.39, 0.29) is 11.1 Å². The molecule has 0 saturated carbocycles. The van der Waals surface area contributed by atoms with Gasteiger partial charge in [-0.3, -0.25) is 0 Å². The van der Waals surface area contributed by atoms with Gasteiger partial charge in [-0.15, -0.1) is 6.58 Å². The summed E-state index contributed by atoms with van der Waals surface area (Å²) < 4.78 is 6.99. The summed E-state index contributed by atoms with van der Waals surface area (Å²) in [6.07, 6.45) is 4.16. The van der Waals surface area contributed by atoms with Gasteiger partial charge < -0.3 is 4.43 Å². The molecule has 1 unspecified atom stereocenters. The van der Waals surface area contributed by atoms with Crippen LogP contribution in [0.15, 0.2) is 73.3 Å². The van der Waals surface area contributed by atoms with E-state index in [1.807, 2.05) is 6.08 Å². The Morgan fingerprint density at radius 1 is 0.958 bits per heavy atom. The summed E-state index contributed by atoms with van der Waals surface area (Å²) in [6, 6.07) is 21.6. The summed E-state index contributed by atoms with van der Waals surface area (Å²) in [6.45, 7) is 13.2. The van der Waals surface area contributed by atoms with Crippen LogP contribution in [-0.2, 0) is 4.43 Å². The Hall–Kier alpha value is -1.64. The Labute approximate surface area is 148 Å². The van der Waals surface area contributed by atoms with Crippen LogP contribution < -0.4 is 10.4 Å². The van der Waals surface area contributed by atoms with E-state index in [0.717, 1.165) is 12.8 Å². The van der Waals surface area contributed by atoms with Gasteiger partial charge in [0.1, 0.15) is 0 Å². The largest absolute Gasteiger partial charge is 0.401 e. The molecular formula is C22H30OSi. The van der Waals surface area contributed by atoms with E-state index < -0.39 is 8.32 Å². The zero-order valence-electron chi connectivity index (χ0n) is 15.5. The Kier molecular flexibility index (Phi) is 6.19. The third kappa shape index (κ3) is 3.71. The molecule has 24 heavy (non-hydrogen) atoms. The minimum absolute atomic E-state index is 0.0186. The molecule has 128 valence electrons. The van der Waals surface area contributed by atoms with Crippen molar-refractivity contribution < 1.29 is 4.43 Å². The fourth-order valence-corrected chi connectivity index (χ4v) is 8.11. The minimum Gasteiger partial charge on any atom is -0.401 e. The van der Waals surface area contributed by atoms with Crippen LogP contribution in [-0.4, -0.2) is 14.4 Å². The first-order valence-electron chi connectivity index (χ1n) is 8.87. The van der Waals surface area contributed by atoms with Crippen molar-refractivity contribution in [2.24, 2.45) is 0 Å². The van der Waals surface area contributed by atoms with Crippen LogP contribution >= 0.6 is 0 Å². The van der Waals surface area contributed by atoms with Gasteiger partial charge in [-0.05, 0) is 21.8 Å². The summed E-state index contributed by atoms with van der Waals surface area (Å²) in [5, 5.41) is 2.67. The molecule has 0 aromatic heterocycles. The molecule has 0 aliphatic rings. The molecule has 0 saturated heterocycles. The van der Waals surface area contributed by atoms with Crippen LogP contribution in [0, 0.1) is 0 Å². The van der Waals surface area contributed by atoms with Gasteiger partial charge >= 0.3 is 0 Å². The first kappa shape index (κ1) is 18.7. The lowest BCUT2D eigenvalue weighted by Gasteiger charge is -2.44. The minimum atomic E-state index is -2.44. The molecular weight excluding hydrogens is 308 g/mol. The van der Waals surface area contributed by atoms with Crippen LogP contribution in [0.2, 0.25) is 5.04 Å². The van der Waals surface area contributed by atoms with Gasteiger partial charge in [0.15, 0.2) is 0 Å². The van der Waals surface area contributed by atoms with E-state index in [4.69, 9.17) is 4.43 Å². The molecule has 0 spiro atoms. The van der Waals surface area contributed by atoms with Crippen molar-refractivity contribution in [1.82, 2.24) is 0 Å². The summed E-state index contributed by atoms with van der Waals surface area (Å²) in [7, 11) is -2.44. The van der Waals surface area contributed by atoms with Crippen molar-refractivity contribution in [3.63, 3.8) is 0 Å². The first-order chi connectivity index (χ1) is 11.5. The summed E-state index contributed by atoms with van der Waals surface area (Å²) in [4.78, 5) is 0. The van der Waals surface area contributed by atoms with Crippen molar-refractivity contribution in [1.29, 1.82) is 0 Å². The van der Waals surface area contributed by atoms with E-state index in [2.05, 4.69) is 94.9 Å². The summed E-state index contributed by atoms with van der Waals surface area (Å²) in [5.74, 6) is 0. The number of hydrogen-bond donors (Lipinski definition) is 0. The molecule has 0 heterocycles. The fourth-order valence-electron chi connectivity index (χ4n) is 3.43. The molecule has 2 rings (SSSR count). The predicted octanol–water partition coefficient (Wildman–Crippen LogP) is 4.92. The molecule has 0 bridgehead atoms. The van der Waals surface area contributed by atoms with Gasteiger partial charge in [0, 0.05) is 0 Å². The van der Waals surface area contributed by atoms with E-state index in [1.54, 1.807) is 0 Å². The second kappa shape index (κ2) is 7.95. The van der Waals surface area contributed by atoms with Crippen molar-refractivity contribution >= 4 is 18.7 Å². The molecule has 1 nitrogen and oxygen atoms in total. The second-order valence-electron chi connectivity index (χ2n) is 7.34. The highest BCUT2D eigenvalue weighted by Gasteiger charge is 2.51. The van der Waals surface area contributed by atoms with Gasteiger partial charge in [-0.2, -0.15) is 0 Å². The lowest BCUT2D eigenvalue weighted by molar-refractivity contribution is 0.222. The fraction of sp³-hybridized carbons (Fsp3) is 0.364. The molecule has 1 atom stereocenters. The zero-order chi connectivity index (χ0) is 17.6. The first-order valence-corrected chi connectivity index (χ1v) is 10.8. The highest BCUT2D eigenvalue weighted by atomic mass is 28.4. The highest BCUT2D eigenvalue weighted by Crippen LogP contribution is 2.38. The molecule has 0 radical (unpaired) electrons. The monoisotopic (exact) mass is 338 g/mol. The van der Waals surface area contributed by atoms with Crippen LogP contribution in [0.25, 0.3) is 0 Å². The van der Waals surface area contributed by atoms with Crippen LogP contribution in [0.3, 0.4) is 0 Å². The van der Waals surface area contributed by atoms with Crippen LogP contribution in [0.1, 0.15) is 40.5 Å². The standard InChI is InChI=1S/C22H30OSi/c1-6-14-19(7-2)23-24(22(3,4)5,20-15-10-8-11-16-20)21-17-12-9-13-18-21/h7-13,15-19H,2,6,14H2,1,3-5H3. The maximum atomic E-state index is 6.99. The Bertz CT molecular complexity index is 589. The van der Waals surface area contributed by atoms with Gasteiger partial charge in [0.05, 0.1) is 6.10 Å². The normalized spacial score (nSPS) is 13.5. The van der Waals surface area contributed by atoms with Crippen molar-refractivity contribution in [3.05, 3.63) is 73.3 Å². The van der Waals surface area contributed by atoms with Crippen molar-refractivity contribution in [3.8, 4) is 0 Å². The molecule has 2 aromatic rings. The number of benzene rings is 2. The van der Waals surface area contributed by atoms with E-state index in [1.165, 1.54) is 10.4 Å². The number of rotatable bonds is 7. The molecule has 0 aliphatic heterocycles. The molecule has 2 aromatic carbocycles. The van der Waals surface area contributed by atoms with Gasteiger partial charge in [-0.25, -0.2) is 0 Å². The highest BCUT2D eigenvalue weighted by molar-refractivity contribution is 6.99. The topological polar surface area (TPSA) is 9.23 Å². The van der Waals surface area contributed by atoms with Gasteiger partial charge in [-0.1, -0.05) is 101 Å². The maximum absolute atomic E-state index is 6.99. The Morgan fingerprint density at radius 3 is 1.75 bits per heavy atom. The maximum Gasteiger partial charge on any atom is 0.261 e. The third-order valence-corrected chi connectivity index (χ3v) is 9.64. The third-order valence-electron chi connectivity index (χ3n) is 4.58. The summed E-state index contributed by atoms with van der Waals surface area (Å²) in [5.41, 5.74) is 0. The molecule has 2 heteroatoms. The molecule has 0 aliphatic carbocycles. The molecule has 0 N–H and O–H groups in total. The van der Waals surface area contributed by atoms with E-state index in [0.29, 0.717) is 0 Å². The average molecular weight is 339 g/mol. The predicted molar refractivity (Wildman–Crippen MR) is 108 cm³/mol. The molecule has 0 fully saturated rings. The average Bonchev–Trinajstić information content (AvgIpc) is 2.59. The zero-order valence-corrected chi connectivity index (χ0v) is 16.5. The Morgan fingerprint density at radius 2 is 1.42 bits per heavy atom. The number of hydrogen-bond acceptors (Lipinski definition) is 1. The van der Waals surface area contributed by atoms with Crippen LogP contribution in [0.5, 0.6) is 0 Å². The Balaban J connectivity index is 2.68. The smallest absolute Gasteiger partial charge is 0.261 e. The second-order valence-corrected chi connectivity index (χ2v) is 11.6.